The van der Waals surface area contributed by atoms with E-state index in [0.29, 0.717) is 43.4 Å². The molecule has 3 aromatic rings. The topological polar surface area (TPSA) is 81.9 Å². The molecule has 2 heterocycles. The van der Waals surface area contributed by atoms with Crippen molar-refractivity contribution in [3.8, 4) is 17.3 Å². The molecule has 0 saturated carbocycles. The Morgan fingerprint density at radius 1 is 1.06 bits per heavy atom. The highest BCUT2D eigenvalue weighted by Gasteiger charge is 2.36. The molecule has 6 nitrogen and oxygen atoms in total. The van der Waals surface area contributed by atoms with Crippen LogP contribution in [0, 0.1) is 31.0 Å². The second-order valence-electron chi connectivity index (χ2n) is 8.73. The number of nitrogens with zero attached hydrogens (tertiary/aromatic N) is 4. The largest absolute Gasteiger partial charge is 0.417 e. The summed E-state index contributed by atoms with van der Waals surface area (Å²) in [7, 11) is 0. The number of alkyl halides is 3. The van der Waals surface area contributed by atoms with Crippen molar-refractivity contribution in [2.75, 3.05) is 18.0 Å². The maximum atomic E-state index is 13.4. The lowest BCUT2D eigenvalue weighted by Crippen LogP contribution is -2.45. The van der Waals surface area contributed by atoms with E-state index in [9.17, 15) is 22.4 Å². The van der Waals surface area contributed by atoms with Crippen LogP contribution in [-0.4, -0.2) is 35.2 Å². The molecule has 1 N–H and O–H groups in total. The average molecular weight is 497 g/mol. The van der Waals surface area contributed by atoms with Crippen molar-refractivity contribution in [2.24, 2.45) is 0 Å². The number of piperidine rings is 1. The van der Waals surface area contributed by atoms with Gasteiger partial charge >= 0.3 is 6.18 Å². The molecule has 1 amide bonds. The molecule has 0 radical (unpaired) electrons. The Morgan fingerprint density at radius 3 is 2.33 bits per heavy atom. The van der Waals surface area contributed by atoms with Crippen LogP contribution >= 0.6 is 0 Å². The lowest BCUT2D eigenvalue weighted by atomic mass is 10.00. The maximum absolute atomic E-state index is 13.4. The fourth-order valence-corrected chi connectivity index (χ4v) is 4.32. The molecule has 0 atom stereocenters. The third-order valence-electron chi connectivity index (χ3n) is 6.45. The van der Waals surface area contributed by atoms with Crippen LogP contribution in [0.2, 0.25) is 0 Å². The summed E-state index contributed by atoms with van der Waals surface area (Å²) in [4.78, 5) is 14.6. The van der Waals surface area contributed by atoms with Gasteiger partial charge in [0.2, 0.25) is 0 Å². The Morgan fingerprint density at radius 2 is 1.72 bits per heavy atom. The zero-order chi connectivity index (χ0) is 26.0. The summed E-state index contributed by atoms with van der Waals surface area (Å²) in [5.74, 6) is -1.21. The Labute approximate surface area is 205 Å². The van der Waals surface area contributed by atoms with Gasteiger partial charge in [-0.2, -0.15) is 18.4 Å². The Hall–Kier alpha value is -4.00. The second-order valence-corrected chi connectivity index (χ2v) is 8.73. The number of nitrogens with one attached hydrogen (secondary N) is 1. The van der Waals surface area contributed by atoms with Crippen LogP contribution in [0.3, 0.4) is 0 Å². The fourth-order valence-electron chi connectivity index (χ4n) is 4.32. The van der Waals surface area contributed by atoms with Gasteiger partial charge in [-0.1, -0.05) is 12.1 Å². The van der Waals surface area contributed by atoms with Crippen molar-refractivity contribution in [1.29, 1.82) is 5.26 Å². The van der Waals surface area contributed by atoms with Gasteiger partial charge in [0.15, 0.2) is 5.82 Å². The van der Waals surface area contributed by atoms with Crippen LogP contribution in [0.1, 0.15) is 45.5 Å². The first-order chi connectivity index (χ1) is 17.1. The lowest BCUT2D eigenvalue weighted by Gasteiger charge is -2.34. The van der Waals surface area contributed by atoms with Gasteiger partial charge in [0, 0.05) is 24.7 Å². The third kappa shape index (κ3) is 5.15. The number of halogens is 4. The van der Waals surface area contributed by atoms with Crippen molar-refractivity contribution in [3.05, 3.63) is 76.1 Å². The van der Waals surface area contributed by atoms with E-state index in [4.69, 9.17) is 5.26 Å². The summed E-state index contributed by atoms with van der Waals surface area (Å²) in [5.41, 5.74) is 2.16. The number of carbonyl (C=O) groups is 1. The minimum Gasteiger partial charge on any atom is -0.355 e. The van der Waals surface area contributed by atoms with E-state index in [0.717, 1.165) is 34.5 Å². The molecule has 1 saturated heterocycles. The highest BCUT2D eigenvalue weighted by Crippen LogP contribution is 2.33. The Balaban J connectivity index is 1.44. The predicted octanol–water partition coefficient (Wildman–Crippen LogP) is 5.19. The van der Waals surface area contributed by atoms with Crippen LogP contribution in [0.15, 0.2) is 42.5 Å². The van der Waals surface area contributed by atoms with Gasteiger partial charge < -0.3 is 10.2 Å². The van der Waals surface area contributed by atoms with Crippen LogP contribution in [0.5, 0.6) is 0 Å². The Kier molecular flexibility index (Phi) is 6.93. The van der Waals surface area contributed by atoms with E-state index in [1.807, 2.05) is 30.9 Å². The van der Waals surface area contributed by atoms with E-state index >= 15 is 0 Å². The SMILES string of the molecule is Cc1c(-c2ccc(C#N)cc2)nnc(N2CCC(NC(=O)c3ccc(F)cc3C(F)(F)F)CC2)c1C. The van der Waals surface area contributed by atoms with E-state index in [1.54, 1.807) is 12.1 Å². The van der Waals surface area contributed by atoms with E-state index < -0.39 is 29.0 Å². The number of aromatic nitrogens is 2. The number of hydrogen-bond acceptors (Lipinski definition) is 5. The molecule has 2 aromatic carbocycles. The van der Waals surface area contributed by atoms with Gasteiger partial charge in [0.1, 0.15) is 5.82 Å². The molecule has 10 heteroatoms. The van der Waals surface area contributed by atoms with Crippen LogP contribution in [0.25, 0.3) is 11.3 Å². The first kappa shape index (κ1) is 25.1. The Bertz CT molecular complexity index is 1320. The van der Waals surface area contributed by atoms with Crippen LogP contribution < -0.4 is 10.2 Å². The summed E-state index contributed by atoms with van der Waals surface area (Å²) < 4.78 is 53.2. The maximum Gasteiger partial charge on any atom is 0.417 e. The number of rotatable bonds is 4. The molecule has 36 heavy (non-hydrogen) atoms. The van der Waals surface area contributed by atoms with Crippen LogP contribution in [0.4, 0.5) is 23.4 Å². The van der Waals surface area contributed by atoms with E-state index in [-0.39, 0.29) is 6.04 Å². The molecule has 0 unspecified atom stereocenters. The minimum absolute atomic E-state index is 0.327. The predicted molar refractivity (Wildman–Crippen MR) is 126 cm³/mol. The molecule has 1 aliphatic heterocycles. The molecule has 0 aliphatic carbocycles. The molecule has 186 valence electrons. The summed E-state index contributed by atoms with van der Waals surface area (Å²) in [6.45, 7) is 4.97. The number of amides is 1. The second kappa shape index (κ2) is 9.93. The zero-order valence-corrected chi connectivity index (χ0v) is 19.7. The van der Waals surface area contributed by atoms with Gasteiger partial charge in [0.25, 0.3) is 5.91 Å². The molecular weight excluding hydrogens is 474 g/mol. The summed E-state index contributed by atoms with van der Waals surface area (Å²) >= 11 is 0. The molecule has 1 aliphatic rings. The first-order valence-electron chi connectivity index (χ1n) is 11.4. The van der Waals surface area contributed by atoms with E-state index in [2.05, 4.69) is 21.6 Å². The number of nitriles is 1. The van der Waals surface area contributed by atoms with Crippen molar-refractivity contribution in [2.45, 2.75) is 38.9 Å². The standard InChI is InChI=1S/C26H23F4N5O/c1-15-16(2)24(34-33-23(15)18-5-3-17(14-31)4-6-18)35-11-9-20(10-12-35)32-25(36)21-8-7-19(27)13-22(21)26(28,29)30/h3-8,13,20H,9-12H2,1-2H3,(H,32,36). The number of hydrogen-bond donors (Lipinski definition) is 1. The zero-order valence-electron chi connectivity index (χ0n) is 19.7. The molecule has 0 spiro atoms. The van der Waals surface area contributed by atoms with Gasteiger partial charge in [0.05, 0.1) is 28.5 Å². The minimum atomic E-state index is -4.84. The quantitative estimate of drug-likeness (QED) is 0.502. The summed E-state index contributed by atoms with van der Waals surface area (Å²) in [6.07, 6.45) is -3.83. The van der Waals surface area contributed by atoms with Crippen molar-refractivity contribution in [1.82, 2.24) is 15.5 Å². The third-order valence-corrected chi connectivity index (χ3v) is 6.45. The van der Waals surface area contributed by atoms with Gasteiger partial charge in [-0.05, 0) is 68.1 Å². The fraction of sp³-hybridized carbons (Fsp3) is 0.308. The normalized spacial score (nSPS) is 14.4. The molecule has 4 rings (SSSR count). The number of carbonyl (C=O) groups excluding carboxylic acids is 1. The summed E-state index contributed by atoms with van der Waals surface area (Å²) in [5, 5.41) is 20.5. The molecular formula is C26H23F4N5O. The number of anilines is 1. The van der Waals surface area contributed by atoms with Gasteiger partial charge in [-0.25, -0.2) is 4.39 Å². The lowest BCUT2D eigenvalue weighted by molar-refractivity contribution is -0.138. The van der Waals surface area contributed by atoms with Crippen molar-refractivity contribution in [3.63, 3.8) is 0 Å². The van der Waals surface area contributed by atoms with Gasteiger partial charge in [-0.3, -0.25) is 4.79 Å². The smallest absolute Gasteiger partial charge is 0.355 e. The molecule has 1 fully saturated rings. The van der Waals surface area contributed by atoms with Crippen molar-refractivity contribution < 1.29 is 22.4 Å². The first-order valence-corrected chi connectivity index (χ1v) is 11.4. The molecule has 1 aromatic heterocycles. The average Bonchev–Trinajstić information content (AvgIpc) is 2.86. The summed E-state index contributed by atoms with van der Waals surface area (Å²) in [6, 6.07) is 10.9. The monoisotopic (exact) mass is 497 g/mol. The highest BCUT2D eigenvalue weighted by molar-refractivity contribution is 5.96. The van der Waals surface area contributed by atoms with Crippen LogP contribution in [-0.2, 0) is 6.18 Å². The number of benzene rings is 2. The van der Waals surface area contributed by atoms with Gasteiger partial charge in [-0.15, -0.1) is 10.2 Å². The highest BCUT2D eigenvalue weighted by atomic mass is 19.4. The molecule has 0 bridgehead atoms. The van der Waals surface area contributed by atoms with E-state index in [1.165, 1.54) is 0 Å². The van der Waals surface area contributed by atoms with Crippen molar-refractivity contribution >= 4 is 11.7 Å².